The molecule has 1 heterocycles. The molecule has 1 aromatic heterocycles. The first-order valence-corrected chi connectivity index (χ1v) is 7.75. The number of benzene rings is 1. The predicted molar refractivity (Wildman–Crippen MR) is 80.4 cm³/mol. The molecule has 0 radical (unpaired) electrons. The van der Waals surface area contributed by atoms with Crippen molar-refractivity contribution in [3.8, 4) is 5.75 Å². The second-order valence-electron chi connectivity index (χ2n) is 4.55. The van der Waals surface area contributed by atoms with E-state index in [4.69, 9.17) is 10.5 Å². The quantitative estimate of drug-likeness (QED) is 0.816. The number of nitrogens with zero attached hydrogens (tertiary/aromatic N) is 1. The van der Waals surface area contributed by atoms with Gasteiger partial charge in [-0.3, -0.25) is 4.98 Å². The minimum absolute atomic E-state index is 0.0250. The monoisotopic (exact) mass is 307 g/mol. The Balaban J connectivity index is 2.29. The Morgan fingerprint density at radius 2 is 2.14 bits per heavy atom. The van der Waals surface area contributed by atoms with Gasteiger partial charge in [-0.15, -0.1) is 0 Å². The molecule has 0 fully saturated rings. The number of nitrogens with two attached hydrogens (primary N) is 1. The summed E-state index contributed by atoms with van der Waals surface area (Å²) in [5.74, 6) is 0.264. The van der Waals surface area contributed by atoms with Gasteiger partial charge in [-0.2, -0.15) is 0 Å². The van der Waals surface area contributed by atoms with Crippen molar-refractivity contribution < 1.29 is 13.2 Å². The molecule has 0 atom stereocenters. The van der Waals surface area contributed by atoms with Gasteiger partial charge in [0.25, 0.3) is 0 Å². The molecule has 0 saturated carbocycles. The highest BCUT2D eigenvalue weighted by Crippen LogP contribution is 2.28. The number of hydrogen-bond acceptors (Lipinski definition) is 5. The molecule has 0 aliphatic carbocycles. The van der Waals surface area contributed by atoms with Gasteiger partial charge in [0.05, 0.1) is 7.11 Å². The Morgan fingerprint density at radius 3 is 2.76 bits per heavy atom. The second-order valence-corrected chi connectivity index (χ2v) is 6.28. The van der Waals surface area contributed by atoms with E-state index in [1.165, 1.54) is 13.2 Å². The van der Waals surface area contributed by atoms with Gasteiger partial charge in [0.15, 0.2) is 0 Å². The number of methoxy groups -OCH3 is 1. The molecule has 0 bridgehead atoms. The molecule has 6 nitrogen and oxygen atoms in total. The van der Waals surface area contributed by atoms with Gasteiger partial charge in [0, 0.05) is 24.6 Å². The molecule has 3 N–H and O–H groups in total. The third-order valence-corrected chi connectivity index (χ3v) is 4.45. The fraction of sp³-hybridized carbons (Fsp3) is 0.214. The number of sulfonamides is 1. The standard InChI is InChI=1S/C14H17N3O3S/c1-10-6-13(20-2)14(7-12(10)15)21(18,19)17-9-11-4-3-5-16-8-11/h3-8,17H,9,15H2,1-2H3. The van der Waals surface area contributed by atoms with Gasteiger partial charge in [0.2, 0.25) is 10.0 Å². The number of aryl methyl sites for hydroxylation is 1. The second kappa shape index (κ2) is 6.11. The fourth-order valence-electron chi connectivity index (χ4n) is 1.81. The number of anilines is 1. The summed E-state index contributed by atoms with van der Waals surface area (Å²) in [5.41, 5.74) is 7.72. The summed E-state index contributed by atoms with van der Waals surface area (Å²) in [7, 11) is -2.30. The van der Waals surface area contributed by atoms with E-state index in [0.717, 1.165) is 11.1 Å². The summed E-state index contributed by atoms with van der Waals surface area (Å²) in [6, 6.07) is 6.54. The van der Waals surface area contributed by atoms with E-state index in [2.05, 4.69) is 9.71 Å². The van der Waals surface area contributed by atoms with E-state index in [9.17, 15) is 8.42 Å². The van der Waals surface area contributed by atoms with E-state index in [-0.39, 0.29) is 17.2 Å². The van der Waals surface area contributed by atoms with Crippen LogP contribution in [-0.4, -0.2) is 20.5 Å². The average Bonchev–Trinajstić information content (AvgIpc) is 2.48. The third kappa shape index (κ3) is 3.50. The first kappa shape index (κ1) is 15.3. The molecule has 0 amide bonds. The van der Waals surface area contributed by atoms with Gasteiger partial charge in [0.1, 0.15) is 10.6 Å². The summed E-state index contributed by atoms with van der Waals surface area (Å²) in [6.07, 6.45) is 3.23. The molecular weight excluding hydrogens is 290 g/mol. The van der Waals surface area contributed by atoms with E-state index < -0.39 is 10.0 Å². The molecule has 2 aromatic rings. The fourth-order valence-corrected chi connectivity index (χ4v) is 3.01. The van der Waals surface area contributed by atoms with Gasteiger partial charge < -0.3 is 10.5 Å². The summed E-state index contributed by atoms with van der Waals surface area (Å²) >= 11 is 0. The topological polar surface area (TPSA) is 94.3 Å². The first-order valence-electron chi connectivity index (χ1n) is 6.26. The zero-order chi connectivity index (χ0) is 15.5. The van der Waals surface area contributed by atoms with Crippen molar-refractivity contribution in [1.82, 2.24) is 9.71 Å². The zero-order valence-electron chi connectivity index (χ0n) is 11.8. The molecule has 2 rings (SSSR count). The van der Waals surface area contributed by atoms with Crippen LogP contribution >= 0.6 is 0 Å². The summed E-state index contributed by atoms with van der Waals surface area (Å²) < 4.78 is 32.4. The summed E-state index contributed by atoms with van der Waals surface area (Å²) in [4.78, 5) is 3.96. The van der Waals surface area contributed by atoms with Crippen LogP contribution in [0.2, 0.25) is 0 Å². The van der Waals surface area contributed by atoms with Crippen LogP contribution < -0.4 is 15.2 Å². The molecule has 0 aliphatic rings. The minimum Gasteiger partial charge on any atom is -0.495 e. The maximum Gasteiger partial charge on any atom is 0.244 e. The van der Waals surface area contributed by atoms with E-state index >= 15 is 0 Å². The van der Waals surface area contributed by atoms with Gasteiger partial charge in [-0.05, 0) is 36.2 Å². The van der Waals surface area contributed by atoms with Crippen LogP contribution in [-0.2, 0) is 16.6 Å². The van der Waals surface area contributed by atoms with Crippen molar-refractivity contribution in [2.45, 2.75) is 18.4 Å². The van der Waals surface area contributed by atoms with Crippen molar-refractivity contribution in [2.24, 2.45) is 0 Å². The lowest BCUT2D eigenvalue weighted by atomic mass is 10.2. The normalized spacial score (nSPS) is 11.3. The lowest BCUT2D eigenvalue weighted by molar-refractivity contribution is 0.402. The SMILES string of the molecule is COc1cc(C)c(N)cc1S(=O)(=O)NCc1cccnc1. The largest absolute Gasteiger partial charge is 0.495 e. The third-order valence-electron chi connectivity index (χ3n) is 3.03. The lowest BCUT2D eigenvalue weighted by Crippen LogP contribution is -2.24. The van der Waals surface area contributed by atoms with Crippen LogP contribution in [0.3, 0.4) is 0 Å². The van der Waals surface area contributed by atoms with E-state index in [1.807, 2.05) is 0 Å². The first-order chi connectivity index (χ1) is 9.94. The molecule has 0 spiro atoms. The Hall–Kier alpha value is -2.12. The molecule has 0 saturated heterocycles. The number of hydrogen-bond donors (Lipinski definition) is 2. The molecule has 0 aliphatic heterocycles. The Kier molecular flexibility index (Phi) is 4.44. The summed E-state index contributed by atoms with van der Waals surface area (Å²) in [5, 5.41) is 0. The van der Waals surface area contributed by atoms with Gasteiger partial charge in [-0.1, -0.05) is 6.07 Å². The average molecular weight is 307 g/mol. The Morgan fingerprint density at radius 1 is 1.38 bits per heavy atom. The maximum absolute atomic E-state index is 12.4. The van der Waals surface area contributed by atoms with Crippen molar-refractivity contribution in [3.05, 3.63) is 47.8 Å². The van der Waals surface area contributed by atoms with Crippen molar-refractivity contribution in [2.75, 3.05) is 12.8 Å². The Labute approximate surface area is 124 Å². The highest BCUT2D eigenvalue weighted by molar-refractivity contribution is 7.89. The van der Waals surface area contributed by atoms with Crippen molar-refractivity contribution in [3.63, 3.8) is 0 Å². The number of nitrogens with one attached hydrogen (secondary N) is 1. The predicted octanol–water partition coefficient (Wildman–Crippen LogP) is 1.46. The van der Waals surface area contributed by atoms with E-state index in [1.54, 1.807) is 37.5 Å². The molecule has 112 valence electrons. The van der Waals surface area contributed by atoms with E-state index in [0.29, 0.717) is 5.69 Å². The molecule has 1 aromatic carbocycles. The molecule has 0 unspecified atom stereocenters. The van der Waals surface area contributed by atoms with Crippen LogP contribution in [0.15, 0.2) is 41.6 Å². The minimum atomic E-state index is -3.72. The van der Waals surface area contributed by atoms with Gasteiger partial charge in [-0.25, -0.2) is 13.1 Å². The van der Waals surface area contributed by atoms with Gasteiger partial charge >= 0.3 is 0 Å². The van der Waals surface area contributed by atoms with Crippen molar-refractivity contribution >= 4 is 15.7 Å². The number of rotatable bonds is 5. The number of aromatic nitrogens is 1. The zero-order valence-corrected chi connectivity index (χ0v) is 12.6. The lowest BCUT2D eigenvalue weighted by Gasteiger charge is -2.13. The number of nitrogen functional groups attached to an aromatic ring is 1. The maximum atomic E-state index is 12.4. The smallest absolute Gasteiger partial charge is 0.244 e. The van der Waals surface area contributed by atoms with Crippen LogP contribution in [0.1, 0.15) is 11.1 Å². The summed E-state index contributed by atoms with van der Waals surface area (Å²) in [6.45, 7) is 1.93. The van der Waals surface area contributed by atoms with Crippen LogP contribution in [0, 0.1) is 6.92 Å². The number of pyridine rings is 1. The van der Waals surface area contributed by atoms with Crippen LogP contribution in [0.25, 0.3) is 0 Å². The van der Waals surface area contributed by atoms with Crippen molar-refractivity contribution in [1.29, 1.82) is 0 Å². The van der Waals surface area contributed by atoms with Crippen LogP contribution in [0.5, 0.6) is 5.75 Å². The number of ether oxygens (including phenoxy) is 1. The molecular formula is C14H17N3O3S. The van der Waals surface area contributed by atoms with Crippen LogP contribution in [0.4, 0.5) is 5.69 Å². The highest BCUT2D eigenvalue weighted by atomic mass is 32.2. The molecule has 21 heavy (non-hydrogen) atoms. The Bertz CT molecular complexity index is 731. The molecule has 7 heteroatoms. The highest BCUT2D eigenvalue weighted by Gasteiger charge is 2.20.